The van der Waals surface area contributed by atoms with E-state index in [0.29, 0.717) is 22.2 Å². The van der Waals surface area contributed by atoms with E-state index in [-0.39, 0.29) is 11.8 Å². The number of allylic oxidation sites excluding steroid dienone is 1. The highest BCUT2D eigenvalue weighted by Crippen LogP contribution is 2.44. The van der Waals surface area contributed by atoms with Crippen molar-refractivity contribution in [3.05, 3.63) is 87.4 Å². The van der Waals surface area contributed by atoms with Gasteiger partial charge in [0.1, 0.15) is 11.6 Å². The van der Waals surface area contributed by atoms with E-state index in [4.69, 9.17) is 22.1 Å². The van der Waals surface area contributed by atoms with E-state index in [1.807, 2.05) is 12.1 Å². The standard InChI is InChI=1S/C21H17ClN4OS/c1-12-2-8-15(9-3-12)28-11-17-19-18(13-4-6-14(22)7-5-13)16(10-23)20(24)27-21(19)26-25-17/h2-9,18H,11,24H2,1H3,(H,25,26)/t18-/m1/s1. The van der Waals surface area contributed by atoms with Gasteiger partial charge in [0, 0.05) is 15.7 Å². The Kier molecular flexibility index (Phi) is 5.03. The molecule has 0 radical (unpaired) electrons. The quantitative estimate of drug-likeness (QED) is 0.600. The summed E-state index contributed by atoms with van der Waals surface area (Å²) in [5.41, 5.74) is 10.3. The third-order valence-electron chi connectivity index (χ3n) is 4.63. The number of hydrogen-bond donors (Lipinski definition) is 2. The van der Waals surface area contributed by atoms with E-state index in [1.54, 1.807) is 23.9 Å². The van der Waals surface area contributed by atoms with Crippen LogP contribution in [0, 0.1) is 18.3 Å². The predicted octanol–water partition coefficient (Wildman–Crippen LogP) is 4.88. The average molecular weight is 409 g/mol. The summed E-state index contributed by atoms with van der Waals surface area (Å²) < 4.78 is 5.62. The largest absolute Gasteiger partial charge is 0.420 e. The van der Waals surface area contributed by atoms with Gasteiger partial charge < -0.3 is 10.5 Å². The third-order valence-corrected chi connectivity index (χ3v) is 5.92. The van der Waals surface area contributed by atoms with Gasteiger partial charge in [-0.2, -0.15) is 5.26 Å². The lowest BCUT2D eigenvalue weighted by Crippen LogP contribution is -2.21. The molecular formula is C21H17ClN4OS. The molecule has 140 valence electrons. The van der Waals surface area contributed by atoms with Gasteiger partial charge in [-0.1, -0.05) is 41.4 Å². The predicted molar refractivity (Wildman–Crippen MR) is 110 cm³/mol. The van der Waals surface area contributed by atoms with E-state index < -0.39 is 0 Å². The number of fused-ring (bicyclic) bond motifs is 1. The van der Waals surface area contributed by atoms with Crippen LogP contribution in [0.5, 0.6) is 5.88 Å². The lowest BCUT2D eigenvalue weighted by molar-refractivity contribution is 0.379. The van der Waals surface area contributed by atoms with Gasteiger partial charge in [0.25, 0.3) is 0 Å². The Labute approximate surface area is 172 Å². The number of nitrogens with two attached hydrogens (primary N) is 1. The molecule has 0 saturated heterocycles. The molecule has 28 heavy (non-hydrogen) atoms. The Morgan fingerprint density at radius 2 is 1.93 bits per heavy atom. The molecule has 2 aromatic carbocycles. The number of halogens is 1. The Balaban J connectivity index is 1.71. The molecule has 1 aromatic heterocycles. The molecule has 3 N–H and O–H groups in total. The molecule has 1 atom stereocenters. The minimum absolute atomic E-state index is 0.0826. The van der Waals surface area contributed by atoms with Crippen LogP contribution in [-0.4, -0.2) is 10.2 Å². The summed E-state index contributed by atoms with van der Waals surface area (Å²) in [6, 6.07) is 18.0. The van der Waals surface area contributed by atoms with Gasteiger partial charge in [-0.25, -0.2) is 0 Å². The number of aromatic amines is 1. The Morgan fingerprint density at radius 3 is 2.61 bits per heavy atom. The summed E-state index contributed by atoms with van der Waals surface area (Å²) in [7, 11) is 0. The number of rotatable bonds is 4. The molecule has 5 nitrogen and oxygen atoms in total. The number of aromatic nitrogens is 2. The molecule has 3 aromatic rings. The number of thioether (sulfide) groups is 1. The third kappa shape index (κ3) is 3.47. The number of aryl methyl sites for hydroxylation is 1. The van der Waals surface area contributed by atoms with E-state index in [2.05, 4.69) is 47.5 Å². The maximum absolute atomic E-state index is 9.71. The smallest absolute Gasteiger partial charge is 0.244 e. The van der Waals surface area contributed by atoms with Crippen LogP contribution in [0.25, 0.3) is 0 Å². The Bertz CT molecular complexity index is 1080. The van der Waals surface area contributed by atoms with Gasteiger partial charge in [0.05, 0.1) is 17.2 Å². The van der Waals surface area contributed by atoms with Gasteiger partial charge in [-0.05, 0) is 36.8 Å². The van der Waals surface area contributed by atoms with Gasteiger partial charge in [0.2, 0.25) is 11.8 Å². The molecule has 0 fully saturated rings. The molecule has 0 bridgehead atoms. The molecule has 0 spiro atoms. The zero-order valence-electron chi connectivity index (χ0n) is 15.1. The SMILES string of the molecule is Cc1ccc(SCc2[nH]nc3c2[C@H](c2ccc(Cl)cc2)C(C#N)=C(N)O3)cc1. The highest BCUT2D eigenvalue weighted by molar-refractivity contribution is 7.98. The number of ether oxygens (including phenoxy) is 1. The van der Waals surface area contributed by atoms with E-state index in [9.17, 15) is 5.26 Å². The topological polar surface area (TPSA) is 87.7 Å². The van der Waals surface area contributed by atoms with Crippen molar-refractivity contribution in [3.8, 4) is 11.9 Å². The monoisotopic (exact) mass is 408 g/mol. The van der Waals surface area contributed by atoms with Crippen LogP contribution in [0.2, 0.25) is 5.02 Å². The lowest BCUT2D eigenvalue weighted by atomic mass is 9.84. The van der Waals surface area contributed by atoms with Crippen LogP contribution >= 0.6 is 23.4 Å². The van der Waals surface area contributed by atoms with Gasteiger partial charge >= 0.3 is 0 Å². The first-order valence-corrected chi connectivity index (χ1v) is 10.0. The van der Waals surface area contributed by atoms with Crippen molar-refractivity contribution in [2.75, 3.05) is 0 Å². The summed E-state index contributed by atoms with van der Waals surface area (Å²) in [6.07, 6.45) is 0. The first-order valence-electron chi connectivity index (χ1n) is 8.66. The van der Waals surface area contributed by atoms with Crippen LogP contribution in [0.15, 0.2) is 64.9 Å². The highest BCUT2D eigenvalue weighted by atomic mass is 35.5. The van der Waals surface area contributed by atoms with Crippen LogP contribution in [0.4, 0.5) is 0 Å². The number of benzene rings is 2. The van der Waals surface area contributed by atoms with Gasteiger partial charge in [0.15, 0.2) is 0 Å². The van der Waals surface area contributed by atoms with Crippen LogP contribution in [0.3, 0.4) is 0 Å². The van der Waals surface area contributed by atoms with Crippen molar-refractivity contribution in [3.63, 3.8) is 0 Å². The van der Waals surface area contributed by atoms with Crippen molar-refractivity contribution in [1.29, 1.82) is 5.26 Å². The second-order valence-corrected chi connectivity index (χ2v) is 7.98. The molecule has 0 aliphatic carbocycles. The van der Waals surface area contributed by atoms with E-state index in [0.717, 1.165) is 21.7 Å². The Morgan fingerprint density at radius 1 is 1.21 bits per heavy atom. The second-order valence-electron chi connectivity index (χ2n) is 6.50. The van der Waals surface area contributed by atoms with Crippen molar-refractivity contribution in [2.24, 2.45) is 5.73 Å². The van der Waals surface area contributed by atoms with Crippen molar-refractivity contribution < 1.29 is 4.74 Å². The van der Waals surface area contributed by atoms with Crippen molar-refractivity contribution >= 4 is 23.4 Å². The number of H-pyrrole nitrogens is 1. The fraction of sp³-hybridized carbons (Fsp3) is 0.143. The lowest BCUT2D eigenvalue weighted by Gasteiger charge is -2.24. The van der Waals surface area contributed by atoms with E-state index >= 15 is 0 Å². The number of nitrogens with one attached hydrogen (secondary N) is 1. The first kappa shape index (κ1) is 18.5. The Hall–Kier alpha value is -2.88. The average Bonchev–Trinajstić information content (AvgIpc) is 3.09. The van der Waals surface area contributed by atoms with E-state index in [1.165, 1.54) is 5.56 Å². The number of nitriles is 1. The fourth-order valence-corrected chi connectivity index (χ4v) is 4.18. The summed E-state index contributed by atoms with van der Waals surface area (Å²) in [4.78, 5) is 1.16. The minimum atomic E-state index is -0.349. The molecule has 0 unspecified atom stereocenters. The summed E-state index contributed by atoms with van der Waals surface area (Å²) in [5.74, 6) is 0.811. The molecule has 0 saturated carbocycles. The van der Waals surface area contributed by atoms with Gasteiger partial charge in [-0.3, -0.25) is 5.10 Å². The highest BCUT2D eigenvalue weighted by Gasteiger charge is 2.35. The van der Waals surface area contributed by atoms with Crippen molar-refractivity contribution in [2.45, 2.75) is 23.5 Å². The summed E-state index contributed by atoms with van der Waals surface area (Å²) in [6.45, 7) is 2.06. The number of hydrogen-bond acceptors (Lipinski definition) is 5. The molecule has 1 aliphatic heterocycles. The maximum atomic E-state index is 9.71. The molecule has 0 amide bonds. The zero-order chi connectivity index (χ0) is 19.7. The minimum Gasteiger partial charge on any atom is -0.420 e. The molecule has 7 heteroatoms. The van der Waals surface area contributed by atoms with Gasteiger partial charge in [-0.15, -0.1) is 16.9 Å². The molecule has 1 aliphatic rings. The van der Waals surface area contributed by atoms with Crippen LogP contribution in [-0.2, 0) is 5.75 Å². The van der Waals surface area contributed by atoms with Crippen LogP contribution in [0.1, 0.15) is 28.3 Å². The number of nitrogens with zero attached hydrogens (tertiary/aromatic N) is 2. The van der Waals surface area contributed by atoms with Crippen LogP contribution < -0.4 is 10.5 Å². The molecule has 4 rings (SSSR count). The van der Waals surface area contributed by atoms with Crippen molar-refractivity contribution in [1.82, 2.24) is 10.2 Å². The summed E-state index contributed by atoms with van der Waals surface area (Å²) >= 11 is 7.73. The zero-order valence-corrected chi connectivity index (χ0v) is 16.6. The maximum Gasteiger partial charge on any atom is 0.244 e. The second kappa shape index (κ2) is 7.63. The molecule has 2 heterocycles. The molecular weight excluding hydrogens is 392 g/mol. The fourth-order valence-electron chi connectivity index (χ4n) is 3.20. The normalized spacial score (nSPS) is 15.7. The summed E-state index contributed by atoms with van der Waals surface area (Å²) in [5, 5.41) is 17.7. The first-order chi connectivity index (χ1) is 13.6.